The fraction of sp³-hybridized carbons (Fsp3) is 0.531. The minimum atomic E-state index is -0.816. The number of thioether (sulfide) groups is 1. The lowest BCUT2D eigenvalue weighted by Gasteiger charge is -2.37. The van der Waals surface area contributed by atoms with Gasteiger partial charge in [-0.3, -0.25) is 14.4 Å². The van der Waals surface area contributed by atoms with Gasteiger partial charge < -0.3 is 4.90 Å². The molecule has 7 nitrogen and oxygen atoms in total. The number of anilines is 1. The fourth-order valence-corrected chi connectivity index (χ4v) is 7.57. The van der Waals surface area contributed by atoms with Gasteiger partial charge in [-0.15, -0.1) is 0 Å². The average Bonchev–Trinajstić information content (AvgIpc) is 3.24. The third-order valence-corrected chi connectivity index (χ3v) is 10.3. The molecule has 1 aliphatic heterocycles. The van der Waals surface area contributed by atoms with E-state index < -0.39 is 6.04 Å². The van der Waals surface area contributed by atoms with Crippen LogP contribution >= 0.6 is 27.7 Å². The maximum absolute atomic E-state index is 13.9. The molecular formula is C32H37BrN4O3S. The van der Waals surface area contributed by atoms with E-state index in [1.807, 2.05) is 6.07 Å². The van der Waals surface area contributed by atoms with E-state index in [9.17, 15) is 19.6 Å². The Balaban J connectivity index is 1.36. The molecule has 2 unspecified atom stereocenters. The molecule has 2 heterocycles. The summed E-state index contributed by atoms with van der Waals surface area (Å²) in [7, 11) is 0. The van der Waals surface area contributed by atoms with Crippen molar-refractivity contribution in [1.82, 2.24) is 9.88 Å². The molecule has 9 heteroatoms. The van der Waals surface area contributed by atoms with Gasteiger partial charge in [0, 0.05) is 16.2 Å². The second-order valence-corrected chi connectivity index (χ2v) is 14.4. The van der Waals surface area contributed by atoms with Gasteiger partial charge in [0.15, 0.2) is 0 Å². The first kappa shape index (κ1) is 29.8. The number of fused-ring (bicyclic) bond motifs is 1. The molecule has 1 saturated heterocycles. The number of aryl methyl sites for hydroxylation is 1. The Bertz CT molecular complexity index is 1380. The van der Waals surface area contributed by atoms with E-state index in [1.165, 1.54) is 16.7 Å². The first-order valence-electron chi connectivity index (χ1n) is 14.6. The van der Waals surface area contributed by atoms with Crippen LogP contribution in [0.4, 0.5) is 5.69 Å². The van der Waals surface area contributed by atoms with Crippen LogP contribution in [0.2, 0.25) is 0 Å². The van der Waals surface area contributed by atoms with Crippen LogP contribution in [-0.4, -0.2) is 45.4 Å². The van der Waals surface area contributed by atoms with E-state index in [2.05, 4.69) is 42.8 Å². The van der Waals surface area contributed by atoms with Crippen molar-refractivity contribution in [2.24, 2.45) is 11.3 Å². The van der Waals surface area contributed by atoms with Gasteiger partial charge in [-0.05, 0) is 79.3 Å². The van der Waals surface area contributed by atoms with Gasteiger partial charge >= 0.3 is 0 Å². The topological polar surface area (TPSA) is 94.4 Å². The number of rotatable bonds is 6. The quantitative estimate of drug-likeness (QED) is 0.267. The zero-order valence-electron chi connectivity index (χ0n) is 24.0. The number of nitriles is 1. The minimum absolute atomic E-state index is 0.0166. The zero-order chi connectivity index (χ0) is 29.3. The average molecular weight is 638 g/mol. The molecule has 1 saturated carbocycles. The second kappa shape index (κ2) is 12.3. The van der Waals surface area contributed by atoms with Gasteiger partial charge in [-0.1, -0.05) is 67.7 Å². The van der Waals surface area contributed by atoms with E-state index in [4.69, 9.17) is 4.98 Å². The Hall–Kier alpha value is -2.70. The van der Waals surface area contributed by atoms with Gasteiger partial charge in [0.25, 0.3) is 5.91 Å². The highest BCUT2D eigenvalue weighted by molar-refractivity contribution is 9.10. The van der Waals surface area contributed by atoms with Crippen LogP contribution < -0.4 is 4.90 Å². The summed E-state index contributed by atoms with van der Waals surface area (Å²) >= 11 is 4.67. The number of carbonyl (C=O) groups is 3. The van der Waals surface area contributed by atoms with Crippen LogP contribution in [0.5, 0.6) is 0 Å². The van der Waals surface area contributed by atoms with Gasteiger partial charge in [0.05, 0.1) is 23.4 Å². The van der Waals surface area contributed by atoms with E-state index >= 15 is 0 Å². The Morgan fingerprint density at radius 2 is 1.83 bits per heavy atom. The minimum Gasteiger partial charge on any atom is -0.326 e. The predicted octanol–water partition coefficient (Wildman–Crippen LogP) is 6.45. The van der Waals surface area contributed by atoms with E-state index in [0.29, 0.717) is 22.2 Å². The van der Waals surface area contributed by atoms with Crippen molar-refractivity contribution in [3.8, 4) is 6.07 Å². The van der Waals surface area contributed by atoms with E-state index in [-0.39, 0.29) is 41.4 Å². The third-order valence-electron chi connectivity index (χ3n) is 8.83. The summed E-state index contributed by atoms with van der Waals surface area (Å²) in [5.41, 5.74) is 3.36. The lowest BCUT2D eigenvalue weighted by molar-refractivity contribution is -0.139. The van der Waals surface area contributed by atoms with Crippen molar-refractivity contribution in [2.75, 3.05) is 10.7 Å². The summed E-state index contributed by atoms with van der Waals surface area (Å²) in [5, 5.41) is 10.5. The van der Waals surface area contributed by atoms with Crippen LogP contribution in [-0.2, 0) is 27.2 Å². The molecule has 0 bridgehead atoms. The number of aromatic nitrogens is 1. The molecule has 3 amide bonds. The third kappa shape index (κ3) is 6.39. The number of halogens is 1. The normalized spacial score (nSPS) is 21.5. The number of benzene rings is 1. The number of imide groups is 1. The highest BCUT2D eigenvalue weighted by Gasteiger charge is 2.46. The molecule has 2 atom stereocenters. The van der Waals surface area contributed by atoms with E-state index in [0.717, 1.165) is 67.1 Å². The Kier molecular flexibility index (Phi) is 8.91. The summed E-state index contributed by atoms with van der Waals surface area (Å²) in [6.45, 7) is 6.78. The standard InChI is InChI=1S/C32H37BrN4O3S/c1-32(2,3)22-9-14-26-20(16-22)15-21(18-34)30(35-26)41-19-29(39)36(24-7-5-4-6-8-24)27-17-28(38)37(31(27)40)25-12-10-23(33)11-13-25/h10-13,15,22,24,27H,4-9,14,16-17,19H2,1-3H3. The van der Waals surface area contributed by atoms with Crippen molar-refractivity contribution < 1.29 is 14.4 Å². The number of pyridine rings is 1. The number of hydrogen-bond donors (Lipinski definition) is 0. The largest absolute Gasteiger partial charge is 0.326 e. The summed E-state index contributed by atoms with van der Waals surface area (Å²) in [6.07, 6.45) is 7.55. The van der Waals surface area contributed by atoms with Crippen molar-refractivity contribution in [1.29, 1.82) is 5.26 Å². The number of carbonyl (C=O) groups excluding carboxylic acids is 3. The van der Waals surface area contributed by atoms with Crippen molar-refractivity contribution >= 4 is 51.1 Å². The van der Waals surface area contributed by atoms with Crippen molar-refractivity contribution in [3.05, 3.63) is 51.6 Å². The van der Waals surface area contributed by atoms with Crippen LogP contribution in [0.3, 0.4) is 0 Å². The Labute approximate surface area is 255 Å². The Morgan fingerprint density at radius 1 is 1.12 bits per heavy atom. The molecule has 216 valence electrons. The van der Waals surface area contributed by atoms with Crippen LogP contribution in [0.1, 0.15) is 82.5 Å². The van der Waals surface area contributed by atoms with Gasteiger partial charge in [-0.2, -0.15) is 5.26 Å². The predicted molar refractivity (Wildman–Crippen MR) is 163 cm³/mol. The monoisotopic (exact) mass is 636 g/mol. The molecule has 3 aliphatic rings. The first-order chi connectivity index (χ1) is 19.6. The molecule has 0 radical (unpaired) electrons. The number of hydrogen-bond acceptors (Lipinski definition) is 6. The number of amides is 3. The highest BCUT2D eigenvalue weighted by Crippen LogP contribution is 2.38. The molecule has 2 aromatic rings. The summed E-state index contributed by atoms with van der Waals surface area (Å²) in [4.78, 5) is 48.4. The number of nitrogens with zero attached hydrogens (tertiary/aromatic N) is 4. The maximum atomic E-state index is 13.9. The SMILES string of the molecule is CC(C)(C)C1CCc2nc(SCC(=O)N(C3CCCCC3)C3CC(=O)N(c4ccc(Br)cc4)C3=O)c(C#N)cc2C1. The van der Waals surface area contributed by atoms with E-state index in [1.54, 1.807) is 29.2 Å². The van der Waals surface area contributed by atoms with Gasteiger partial charge in [-0.25, -0.2) is 9.88 Å². The van der Waals surface area contributed by atoms with Crippen molar-refractivity contribution in [3.63, 3.8) is 0 Å². The molecule has 5 rings (SSSR count). The van der Waals surface area contributed by atoms with Gasteiger partial charge in [0.2, 0.25) is 11.8 Å². The summed E-state index contributed by atoms with van der Waals surface area (Å²) in [5.74, 6) is -0.213. The molecule has 1 aromatic carbocycles. The molecule has 0 spiro atoms. The van der Waals surface area contributed by atoms with Gasteiger partial charge in [0.1, 0.15) is 17.1 Å². The zero-order valence-corrected chi connectivity index (χ0v) is 26.4. The molecule has 2 fully saturated rings. The van der Waals surface area contributed by atoms with Crippen LogP contribution in [0, 0.1) is 22.7 Å². The summed E-state index contributed by atoms with van der Waals surface area (Å²) < 4.78 is 0.856. The first-order valence-corrected chi connectivity index (χ1v) is 16.3. The lowest BCUT2D eigenvalue weighted by atomic mass is 9.71. The molecule has 1 aromatic heterocycles. The maximum Gasteiger partial charge on any atom is 0.257 e. The Morgan fingerprint density at radius 3 is 2.49 bits per heavy atom. The lowest BCUT2D eigenvalue weighted by Crippen LogP contribution is -2.52. The summed E-state index contributed by atoms with van der Waals surface area (Å²) in [6, 6.07) is 10.4. The van der Waals surface area contributed by atoms with Crippen LogP contribution in [0.15, 0.2) is 39.8 Å². The second-order valence-electron chi connectivity index (χ2n) is 12.5. The molecular weight excluding hydrogens is 600 g/mol. The highest BCUT2D eigenvalue weighted by atomic mass is 79.9. The molecule has 0 N–H and O–H groups in total. The molecule has 2 aliphatic carbocycles. The van der Waals surface area contributed by atoms with Crippen molar-refractivity contribution in [2.45, 2.75) is 95.7 Å². The van der Waals surface area contributed by atoms with Crippen LogP contribution in [0.25, 0.3) is 0 Å². The smallest absolute Gasteiger partial charge is 0.257 e. The molecule has 41 heavy (non-hydrogen) atoms. The fourth-order valence-electron chi connectivity index (χ4n) is 6.47.